The van der Waals surface area contributed by atoms with E-state index in [4.69, 9.17) is 0 Å². The van der Waals surface area contributed by atoms with Crippen molar-refractivity contribution in [2.24, 2.45) is 15.3 Å². The molecule has 0 fully saturated rings. The van der Waals surface area contributed by atoms with Gasteiger partial charge in [0.15, 0.2) is 0 Å². The standard InChI is InChI=1S/C23H19N5O/c1-17-22(23(29)28(27-17)21-10-6-3-7-11-21)16-24-18-12-14-20(15-13-18)26-25-19-8-4-2-5-9-19/h2-16,24H,1H3/b22-16-,26-25+. The highest BCUT2D eigenvalue weighted by Crippen LogP contribution is 2.24. The van der Waals surface area contributed by atoms with Gasteiger partial charge < -0.3 is 5.32 Å². The summed E-state index contributed by atoms with van der Waals surface area (Å²) in [5.74, 6) is -0.158. The molecule has 3 aromatic carbocycles. The highest BCUT2D eigenvalue weighted by atomic mass is 16.2. The molecule has 1 heterocycles. The topological polar surface area (TPSA) is 69.4 Å². The van der Waals surface area contributed by atoms with Gasteiger partial charge in [-0.15, -0.1) is 0 Å². The van der Waals surface area contributed by atoms with Crippen molar-refractivity contribution in [1.82, 2.24) is 0 Å². The number of hydrazone groups is 1. The normalized spacial score (nSPS) is 15.2. The van der Waals surface area contributed by atoms with E-state index in [2.05, 4.69) is 20.6 Å². The zero-order valence-electron chi connectivity index (χ0n) is 15.9. The minimum absolute atomic E-state index is 0.158. The van der Waals surface area contributed by atoms with Crippen LogP contribution in [0.4, 0.5) is 22.7 Å². The van der Waals surface area contributed by atoms with Crippen LogP contribution in [0.5, 0.6) is 0 Å². The monoisotopic (exact) mass is 381 g/mol. The van der Waals surface area contributed by atoms with Crippen LogP contribution in [0.2, 0.25) is 0 Å². The summed E-state index contributed by atoms with van der Waals surface area (Å²) in [4.78, 5) is 12.7. The highest BCUT2D eigenvalue weighted by Gasteiger charge is 2.28. The molecule has 0 saturated carbocycles. The number of hydrogen-bond donors (Lipinski definition) is 1. The molecule has 0 atom stereocenters. The van der Waals surface area contributed by atoms with Crippen molar-refractivity contribution in [1.29, 1.82) is 0 Å². The van der Waals surface area contributed by atoms with Gasteiger partial charge in [-0.1, -0.05) is 36.4 Å². The molecule has 0 unspecified atom stereocenters. The maximum Gasteiger partial charge on any atom is 0.282 e. The Balaban J connectivity index is 1.43. The number of benzene rings is 3. The Kier molecular flexibility index (Phi) is 5.25. The Bertz CT molecular complexity index is 1090. The second-order valence-electron chi connectivity index (χ2n) is 6.42. The summed E-state index contributed by atoms with van der Waals surface area (Å²) in [7, 11) is 0. The van der Waals surface area contributed by atoms with Gasteiger partial charge in [0, 0.05) is 11.9 Å². The van der Waals surface area contributed by atoms with Crippen LogP contribution >= 0.6 is 0 Å². The van der Waals surface area contributed by atoms with Gasteiger partial charge in [0.05, 0.1) is 28.3 Å². The molecule has 6 heteroatoms. The Morgan fingerprint density at radius 3 is 2.07 bits per heavy atom. The zero-order valence-corrected chi connectivity index (χ0v) is 15.9. The average molecular weight is 381 g/mol. The summed E-state index contributed by atoms with van der Waals surface area (Å²) < 4.78 is 0. The molecule has 0 aromatic heterocycles. The van der Waals surface area contributed by atoms with Crippen molar-refractivity contribution in [3.8, 4) is 0 Å². The lowest BCUT2D eigenvalue weighted by atomic mass is 10.2. The Morgan fingerprint density at radius 2 is 1.41 bits per heavy atom. The molecule has 4 rings (SSSR count). The van der Waals surface area contributed by atoms with E-state index in [1.807, 2.05) is 91.9 Å². The molecule has 142 valence electrons. The van der Waals surface area contributed by atoms with E-state index in [9.17, 15) is 4.79 Å². The molecule has 1 aliphatic rings. The highest BCUT2D eigenvalue weighted by molar-refractivity contribution is 6.29. The molecule has 1 N–H and O–H groups in total. The fourth-order valence-electron chi connectivity index (χ4n) is 2.82. The maximum atomic E-state index is 12.7. The number of nitrogens with one attached hydrogen (secondary N) is 1. The van der Waals surface area contributed by atoms with Crippen molar-refractivity contribution in [2.45, 2.75) is 6.92 Å². The second kappa shape index (κ2) is 8.31. The molecule has 3 aromatic rings. The first-order valence-electron chi connectivity index (χ1n) is 9.19. The number of carbonyl (C=O) groups is 1. The minimum atomic E-state index is -0.158. The van der Waals surface area contributed by atoms with Gasteiger partial charge in [0.1, 0.15) is 0 Å². The zero-order chi connectivity index (χ0) is 20.1. The SMILES string of the molecule is CC1=NN(c2ccccc2)C(=O)/C1=C\Nc1ccc(/N=N/c2ccccc2)cc1. The van der Waals surface area contributed by atoms with Crippen LogP contribution in [0.25, 0.3) is 0 Å². The average Bonchev–Trinajstić information content (AvgIpc) is 3.06. The van der Waals surface area contributed by atoms with Crippen molar-refractivity contribution in [2.75, 3.05) is 10.3 Å². The summed E-state index contributed by atoms with van der Waals surface area (Å²) in [6.45, 7) is 1.82. The van der Waals surface area contributed by atoms with E-state index < -0.39 is 0 Å². The van der Waals surface area contributed by atoms with Crippen LogP contribution < -0.4 is 10.3 Å². The lowest BCUT2D eigenvalue weighted by Gasteiger charge is -2.11. The molecule has 1 aliphatic heterocycles. The molecule has 29 heavy (non-hydrogen) atoms. The first-order valence-corrected chi connectivity index (χ1v) is 9.19. The number of rotatable bonds is 5. The predicted molar refractivity (Wildman–Crippen MR) is 116 cm³/mol. The van der Waals surface area contributed by atoms with Crippen LogP contribution in [-0.4, -0.2) is 11.6 Å². The van der Waals surface area contributed by atoms with Gasteiger partial charge >= 0.3 is 0 Å². The smallest absolute Gasteiger partial charge is 0.282 e. The van der Waals surface area contributed by atoms with Crippen LogP contribution in [-0.2, 0) is 4.79 Å². The third kappa shape index (κ3) is 4.27. The fraction of sp³-hybridized carbons (Fsp3) is 0.0435. The van der Waals surface area contributed by atoms with Crippen LogP contribution in [0.1, 0.15) is 6.92 Å². The number of anilines is 2. The number of nitrogens with zero attached hydrogens (tertiary/aromatic N) is 4. The molecule has 0 radical (unpaired) electrons. The third-order valence-corrected chi connectivity index (χ3v) is 4.35. The van der Waals surface area contributed by atoms with Gasteiger partial charge in [0.2, 0.25) is 0 Å². The molecular formula is C23H19N5O. The quantitative estimate of drug-likeness (QED) is 0.447. The number of amides is 1. The lowest BCUT2D eigenvalue weighted by Crippen LogP contribution is -2.21. The first-order chi connectivity index (χ1) is 14.2. The number of carbonyl (C=O) groups excluding carboxylic acids is 1. The lowest BCUT2D eigenvalue weighted by molar-refractivity contribution is -0.114. The van der Waals surface area contributed by atoms with Gasteiger partial charge in [-0.2, -0.15) is 20.3 Å². The molecule has 6 nitrogen and oxygen atoms in total. The van der Waals surface area contributed by atoms with E-state index >= 15 is 0 Å². The maximum absolute atomic E-state index is 12.7. The molecular weight excluding hydrogens is 362 g/mol. The number of hydrogen-bond acceptors (Lipinski definition) is 5. The molecule has 0 bridgehead atoms. The van der Waals surface area contributed by atoms with Gasteiger partial charge in [-0.25, -0.2) is 0 Å². The van der Waals surface area contributed by atoms with Crippen molar-refractivity contribution in [3.63, 3.8) is 0 Å². The summed E-state index contributed by atoms with van der Waals surface area (Å²) in [6.07, 6.45) is 1.69. The van der Waals surface area contributed by atoms with Crippen LogP contribution in [0.3, 0.4) is 0 Å². The summed E-state index contributed by atoms with van der Waals surface area (Å²) in [6, 6.07) is 26.4. The van der Waals surface area contributed by atoms with E-state index in [1.165, 1.54) is 5.01 Å². The van der Waals surface area contributed by atoms with E-state index in [1.54, 1.807) is 6.20 Å². The second-order valence-corrected chi connectivity index (χ2v) is 6.42. The molecule has 0 aliphatic carbocycles. The summed E-state index contributed by atoms with van der Waals surface area (Å²) in [5.41, 5.74) is 4.33. The Labute approximate surface area is 168 Å². The summed E-state index contributed by atoms with van der Waals surface area (Å²) >= 11 is 0. The third-order valence-electron chi connectivity index (χ3n) is 4.35. The summed E-state index contributed by atoms with van der Waals surface area (Å²) in [5, 5.41) is 17.4. The van der Waals surface area contributed by atoms with Gasteiger partial charge in [0.25, 0.3) is 5.91 Å². The largest absolute Gasteiger partial charge is 0.361 e. The first kappa shape index (κ1) is 18.3. The fourth-order valence-corrected chi connectivity index (χ4v) is 2.82. The van der Waals surface area contributed by atoms with E-state index in [-0.39, 0.29) is 5.91 Å². The minimum Gasteiger partial charge on any atom is -0.361 e. The Morgan fingerprint density at radius 1 is 0.828 bits per heavy atom. The van der Waals surface area contributed by atoms with Crippen LogP contribution in [0.15, 0.2) is 112 Å². The van der Waals surface area contributed by atoms with E-state index in [0.717, 1.165) is 22.7 Å². The number of para-hydroxylation sites is 1. The molecule has 0 spiro atoms. The van der Waals surface area contributed by atoms with Gasteiger partial charge in [-0.3, -0.25) is 4.79 Å². The molecule has 0 saturated heterocycles. The molecule has 1 amide bonds. The van der Waals surface area contributed by atoms with Gasteiger partial charge in [-0.05, 0) is 55.5 Å². The van der Waals surface area contributed by atoms with Crippen molar-refractivity contribution < 1.29 is 4.79 Å². The number of azo groups is 1. The van der Waals surface area contributed by atoms with Crippen LogP contribution in [0, 0.1) is 0 Å². The Hall–Kier alpha value is -4.06. The van der Waals surface area contributed by atoms with Crippen molar-refractivity contribution >= 4 is 34.4 Å². The van der Waals surface area contributed by atoms with E-state index in [0.29, 0.717) is 11.3 Å². The van der Waals surface area contributed by atoms with Crippen molar-refractivity contribution in [3.05, 3.63) is 96.7 Å². The predicted octanol–water partition coefficient (Wildman–Crippen LogP) is 5.82.